The fourth-order valence-corrected chi connectivity index (χ4v) is 0.955. The molecule has 0 bridgehead atoms. The first-order chi connectivity index (χ1) is 7.50. The second kappa shape index (κ2) is 5.01. The van der Waals surface area contributed by atoms with Gasteiger partial charge in [0.05, 0.1) is 5.57 Å². The van der Waals surface area contributed by atoms with Crippen molar-refractivity contribution in [3.05, 3.63) is 29.3 Å². The summed E-state index contributed by atoms with van der Waals surface area (Å²) in [5, 5.41) is 9.16. The van der Waals surface area contributed by atoms with E-state index in [2.05, 4.69) is 15.0 Å². The highest BCUT2D eigenvalue weighted by Gasteiger charge is 2.05. The second-order valence-corrected chi connectivity index (χ2v) is 3.12. The monoisotopic (exact) mass is 220 g/mol. The van der Waals surface area contributed by atoms with Gasteiger partial charge in [-0.25, -0.2) is 15.0 Å². The zero-order chi connectivity index (χ0) is 12.1. The summed E-state index contributed by atoms with van der Waals surface area (Å²) >= 11 is 0. The van der Waals surface area contributed by atoms with Gasteiger partial charge in [-0.05, 0) is 19.9 Å². The molecule has 0 atom stereocenters. The number of aliphatic hydroxyl groups is 1. The molecule has 0 aliphatic carbocycles. The summed E-state index contributed by atoms with van der Waals surface area (Å²) in [6, 6.07) is 1.72. The number of nitrogens with zero attached hydrogens (tertiary/aromatic N) is 3. The van der Waals surface area contributed by atoms with E-state index < -0.39 is 5.91 Å². The number of amides is 1. The molecule has 0 spiro atoms. The number of aromatic nitrogens is 2. The zero-order valence-corrected chi connectivity index (χ0v) is 9.01. The molecule has 84 valence electrons. The molecule has 1 amide bonds. The molecule has 16 heavy (non-hydrogen) atoms. The largest absolute Gasteiger partial charge is 0.512 e. The minimum Gasteiger partial charge on any atom is -0.512 e. The van der Waals surface area contributed by atoms with Crippen LogP contribution in [0.4, 0.5) is 5.95 Å². The van der Waals surface area contributed by atoms with E-state index in [4.69, 9.17) is 10.8 Å². The number of hydrogen-bond acceptors (Lipinski definition) is 5. The van der Waals surface area contributed by atoms with Crippen LogP contribution in [0, 0.1) is 6.92 Å². The summed E-state index contributed by atoms with van der Waals surface area (Å²) < 4.78 is 0. The van der Waals surface area contributed by atoms with Crippen molar-refractivity contribution >= 4 is 18.1 Å². The molecule has 0 saturated carbocycles. The van der Waals surface area contributed by atoms with Gasteiger partial charge in [0.1, 0.15) is 5.76 Å². The first kappa shape index (κ1) is 11.8. The lowest BCUT2D eigenvalue weighted by molar-refractivity contribution is -0.114. The fraction of sp³-hybridized carbons (Fsp3) is 0.200. The number of allylic oxidation sites excluding steroid dienone is 1. The molecule has 0 aromatic carbocycles. The van der Waals surface area contributed by atoms with Gasteiger partial charge in [0.2, 0.25) is 5.95 Å². The van der Waals surface area contributed by atoms with Crippen molar-refractivity contribution in [2.24, 2.45) is 10.7 Å². The van der Waals surface area contributed by atoms with Crippen molar-refractivity contribution in [3.63, 3.8) is 0 Å². The molecule has 1 rings (SSSR count). The average molecular weight is 220 g/mol. The van der Waals surface area contributed by atoms with E-state index in [9.17, 15) is 4.79 Å². The maximum Gasteiger partial charge on any atom is 0.253 e. The van der Waals surface area contributed by atoms with E-state index in [-0.39, 0.29) is 17.3 Å². The third-order valence-corrected chi connectivity index (χ3v) is 1.75. The van der Waals surface area contributed by atoms with Crippen LogP contribution < -0.4 is 5.73 Å². The summed E-state index contributed by atoms with van der Waals surface area (Å²) in [6.07, 6.45) is 2.70. The van der Waals surface area contributed by atoms with Crippen molar-refractivity contribution in [2.45, 2.75) is 13.8 Å². The number of nitrogens with two attached hydrogens (primary N) is 1. The lowest BCUT2D eigenvalue weighted by atomic mass is 10.2. The smallest absolute Gasteiger partial charge is 0.253 e. The van der Waals surface area contributed by atoms with E-state index in [0.29, 0.717) is 0 Å². The van der Waals surface area contributed by atoms with Crippen LogP contribution in [-0.4, -0.2) is 27.2 Å². The second-order valence-electron chi connectivity index (χ2n) is 3.12. The number of rotatable bonds is 3. The van der Waals surface area contributed by atoms with Crippen LogP contribution in [0.2, 0.25) is 0 Å². The average Bonchev–Trinajstić information content (AvgIpc) is 2.16. The Bertz CT molecular complexity index is 462. The van der Waals surface area contributed by atoms with Gasteiger partial charge in [0, 0.05) is 18.1 Å². The number of aryl methyl sites for hydroxylation is 1. The van der Waals surface area contributed by atoms with Crippen molar-refractivity contribution in [3.8, 4) is 0 Å². The molecule has 0 unspecified atom stereocenters. The maximum atomic E-state index is 10.9. The van der Waals surface area contributed by atoms with Gasteiger partial charge in [-0.1, -0.05) is 0 Å². The highest BCUT2D eigenvalue weighted by atomic mass is 16.3. The van der Waals surface area contributed by atoms with Gasteiger partial charge in [0.15, 0.2) is 0 Å². The number of carbonyl (C=O) groups excluding carboxylic acids is 1. The van der Waals surface area contributed by atoms with Gasteiger partial charge in [-0.3, -0.25) is 4.79 Å². The third kappa shape index (κ3) is 3.16. The van der Waals surface area contributed by atoms with E-state index in [0.717, 1.165) is 11.9 Å². The van der Waals surface area contributed by atoms with E-state index in [1.54, 1.807) is 19.2 Å². The SMILES string of the molecule is C/C(O)=C(/C=N/c1nccc(C)n1)C(N)=O. The zero-order valence-electron chi connectivity index (χ0n) is 9.01. The van der Waals surface area contributed by atoms with Crippen LogP contribution in [-0.2, 0) is 4.79 Å². The Hall–Kier alpha value is -2.24. The van der Waals surface area contributed by atoms with Crippen molar-refractivity contribution in [1.29, 1.82) is 0 Å². The topological polar surface area (TPSA) is 101 Å². The van der Waals surface area contributed by atoms with Gasteiger partial charge in [0.25, 0.3) is 5.91 Å². The normalized spacial score (nSPS) is 12.6. The van der Waals surface area contributed by atoms with E-state index in [1.165, 1.54) is 6.92 Å². The lowest BCUT2D eigenvalue weighted by Crippen LogP contribution is -2.16. The van der Waals surface area contributed by atoms with Crippen LogP contribution in [0.5, 0.6) is 0 Å². The molecule has 0 saturated heterocycles. The molecule has 1 aromatic rings. The third-order valence-electron chi connectivity index (χ3n) is 1.75. The Balaban J connectivity index is 2.96. The molecule has 1 aromatic heterocycles. The first-order valence-electron chi connectivity index (χ1n) is 4.54. The van der Waals surface area contributed by atoms with Gasteiger partial charge >= 0.3 is 0 Å². The quantitative estimate of drug-likeness (QED) is 0.447. The fourth-order valence-electron chi connectivity index (χ4n) is 0.955. The van der Waals surface area contributed by atoms with Crippen LogP contribution in [0.1, 0.15) is 12.6 Å². The Morgan fingerprint density at radius 2 is 2.31 bits per heavy atom. The molecular weight excluding hydrogens is 208 g/mol. The molecule has 0 aliphatic rings. The highest BCUT2D eigenvalue weighted by molar-refractivity contribution is 6.12. The highest BCUT2D eigenvalue weighted by Crippen LogP contribution is 2.04. The van der Waals surface area contributed by atoms with Crippen molar-refractivity contribution in [1.82, 2.24) is 9.97 Å². The van der Waals surface area contributed by atoms with Crippen LogP contribution in [0.3, 0.4) is 0 Å². The summed E-state index contributed by atoms with van der Waals surface area (Å²) in [7, 11) is 0. The first-order valence-corrected chi connectivity index (χ1v) is 4.54. The maximum absolute atomic E-state index is 10.9. The number of carbonyl (C=O) groups is 1. The Morgan fingerprint density at radius 3 is 2.81 bits per heavy atom. The molecule has 6 nitrogen and oxygen atoms in total. The van der Waals surface area contributed by atoms with Crippen LogP contribution >= 0.6 is 0 Å². The van der Waals surface area contributed by atoms with Crippen molar-refractivity contribution < 1.29 is 9.90 Å². The molecule has 0 fully saturated rings. The molecular formula is C10H12N4O2. The summed E-state index contributed by atoms with van der Waals surface area (Å²) in [5.41, 5.74) is 5.74. The van der Waals surface area contributed by atoms with Gasteiger partial charge in [-0.2, -0.15) is 0 Å². The Morgan fingerprint density at radius 1 is 1.62 bits per heavy atom. The minimum atomic E-state index is -0.753. The van der Waals surface area contributed by atoms with E-state index >= 15 is 0 Å². The summed E-state index contributed by atoms with van der Waals surface area (Å²) in [4.78, 5) is 22.6. The molecule has 1 heterocycles. The molecule has 3 N–H and O–H groups in total. The van der Waals surface area contributed by atoms with Gasteiger partial charge < -0.3 is 10.8 Å². The predicted octanol–water partition coefficient (Wildman–Crippen LogP) is 0.805. The van der Waals surface area contributed by atoms with E-state index in [1.807, 2.05) is 0 Å². The predicted molar refractivity (Wildman–Crippen MR) is 59.4 cm³/mol. The minimum absolute atomic E-state index is 0.0647. The number of aliphatic hydroxyl groups excluding tert-OH is 1. The number of aliphatic imine (C=N–C) groups is 1. The number of hydrogen-bond donors (Lipinski definition) is 2. The Kier molecular flexibility index (Phi) is 3.71. The molecule has 0 aliphatic heterocycles. The van der Waals surface area contributed by atoms with Crippen LogP contribution in [0.15, 0.2) is 28.6 Å². The summed E-state index contributed by atoms with van der Waals surface area (Å²) in [5.74, 6) is -0.736. The van der Waals surface area contributed by atoms with Gasteiger partial charge in [-0.15, -0.1) is 0 Å². The molecule has 0 radical (unpaired) electrons. The van der Waals surface area contributed by atoms with Crippen LogP contribution in [0.25, 0.3) is 0 Å². The number of primary amides is 1. The standard InChI is InChI=1S/C10H12N4O2/c1-6-3-4-12-10(14-6)13-5-8(7(2)15)9(11)16/h3-5,15H,1-2H3,(H2,11,16)/b8-7+,13-5+. The Labute approximate surface area is 92.6 Å². The lowest BCUT2D eigenvalue weighted by Gasteiger charge is -1.97. The molecule has 6 heteroatoms. The van der Waals surface area contributed by atoms with Crippen molar-refractivity contribution in [2.75, 3.05) is 0 Å². The summed E-state index contributed by atoms with van der Waals surface area (Å²) in [6.45, 7) is 3.14.